The molecule has 0 heterocycles. The minimum absolute atomic E-state index is 0.00591. The van der Waals surface area contributed by atoms with Gasteiger partial charge < -0.3 is 26.2 Å². The first-order valence-electron chi connectivity index (χ1n) is 13.5. The Morgan fingerprint density at radius 2 is 1.65 bits per heavy atom. The van der Waals surface area contributed by atoms with Gasteiger partial charge in [0.15, 0.2) is 0 Å². The number of carbonyl (C=O) groups excluding carboxylic acids is 2. The number of amides is 2. The van der Waals surface area contributed by atoms with E-state index in [2.05, 4.69) is 16.7 Å². The van der Waals surface area contributed by atoms with Crippen LogP contribution in [0.2, 0.25) is 0 Å². The first-order chi connectivity index (χ1) is 20.8. The molecule has 5 N–H and O–H groups in total. The van der Waals surface area contributed by atoms with E-state index in [1.54, 1.807) is 36.4 Å². The van der Waals surface area contributed by atoms with Gasteiger partial charge in [-0.25, -0.2) is 9.59 Å². The van der Waals surface area contributed by atoms with Gasteiger partial charge in [-0.2, -0.15) is 5.26 Å². The molecule has 0 saturated heterocycles. The molecule has 0 bridgehead atoms. The highest BCUT2D eigenvalue weighted by Gasteiger charge is 2.30. The lowest BCUT2D eigenvalue weighted by Crippen LogP contribution is -2.43. The monoisotopic (exact) mass is 592 g/mol. The lowest BCUT2D eigenvalue weighted by atomic mass is 9.98. The molecule has 4 aromatic carbocycles. The molecule has 216 valence electrons. The van der Waals surface area contributed by atoms with Crippen LogP contribution in [0.5, 0.6) is 0 Å². The minimum atomic E-state index is -1.24. The summed E-state index contributed by atoms with van der Waals surface area (Å²) in [7, 11) is 0. The fourth-order valence-corrected chi connectivity index (χ4v) is 6.05. The maximum Gasteiger partial charge on any atom is 0.407 e. The summed E-state index contributed by atoms with van der Waals surface area (Å²) < 4.78 is 5.54. The molecule has 0 radical (unpaired) electrons. The van der Waals surface area contributed by atoms with Gasteiger partial charge in [0.25, 0.3) is 0 Å². The lowest BCUT2D eigenvalue weighted by Gasteiger charge is -2.18. The van der Waals surface area contributed by atoms with Crippen molar-refractivity contribution in [3.63, 3.8) is 0 Å². The molecule has 43 heavy (non-hydrogen) atoms. The smallest absolute Gasteiger partial charge is 0.407 e. The number of primary amides is 1. The first kappa shape index (κ1) is 29.2. The van der Waals surface area contributed by atoms with Gasteiger partial charge in [-0.1, -0.05) is 60.7 Å². The second kappa shape index (κ2) is 13.1. The van der Waals surface area contributed by atoms with Gasteiger partial charge in [-0.3, -0.25) is 4.79 Å². The van der Waals surface area contributed by atoms with Crippen LogP contribution in [0.25, 0.3) is 11.1 Å². The van der Waals surface area contributed by atoms with Crippen molar-refractivity contribution in [2.24, 2.45) is 5.73 Å². The van der Waals surface area contributed by atoms with Gasteiger partial charge in [0.1, 0.15) is 12.6 Å². The highest BCUT2D eigenvalue weighted by molar-refractivity contribution is 7.99. The number of hydrogen-bond acceptors (Lipinski definition) is 7. The molecule has 0 aliphatic heterocycles. The summed E-state index contributed by atoms with van der Waals surface area (Å²) in [4.78, 5) is 37.3. The number of benzene rings is 4. The Kier molecular flexibility index (Phi) is 8.93. The molecule has 5 rings (SSSR count). The Morgan fingerprint density at radius 1 is 0.953 bits per heavy atom. The van der Waals surface area contributed by atoms with Crippen LogP contribution in [0.3, 0.4) is 0 Å². The lowest BCUT2D eigenvalue weighted by molar-refractivity contribution is -0.138. The van der Waals surface area contributed by atoms with Crippen LogP contribution in [0.1, 0.15) is 38.5 Å². The summed E-state index contributed by atoms with van der Waals surface area (Å²) in [5.74, 6) is -1.97. The molecule has 0 unspecified atom stereocenters. The third kappa shape index (κ3) is 6.80. The number of ether oxygens (including phenoxy) is 1. The average molecular weight is 593 g/mol. The van der Waals surface area contributed by atoms with Gasteiger partial charge in [0, 0.05) is 34.4 Å². The summed E-state index contributed by atoms with van der Waals surface area (Å²) >= 11 is 1.20. The Labute approximate surface area is 252 Å². The fourth-order valence-electron chi connectivity index (χ4n) is 5.03. The topological polar surface area (TPSA) is 155 Å². The minimum Gasteiger partial charge on any atom is -0.480 e. The third-order valence-electron chi connectivity index (χ3n) is 7.14. The van der Waals surface area contributed by atoms with Crippen molar-refractivity contribution in [3.05, 3.63) is 119 Å². The standard InChI is InChI=1S/C33H28N4O5S/c34-16-20-6-5-7-21(14-20)17-36-28-15-22(31(35)38)12-13-30(28)43-19-29(32(39)40)37-33(41)42-18-27-25-10-3-1-8-23(25)24-9-2-4-11-26(24)27/h1-15,27,29,36H,17-19H2,(H2,35,38)(H,37,41)(H,39,40)/t29-/m0/s1. The van der Waals surface area contributed by atoms with E-state index in [9.17, 15) is 24.8 Å². The zero-order chi connectivity index (χ0) is 30.3. The zero-order valence-electron chi connectivity index (χ0n) is 22.9. The molecule has 0 aromatic heterocycles. The maximum absolute atomic E-state index is 12.8. The maximum atomic E-state index is 12.8. The molecule has 0 spiro atoms. The van der Waals surface area contributed by atoms with Gasteiger partial charge >= 0.3 is 12.1 Å². The summed E-state index contributed by atoms with van der Waals surface area (Å²) in [5, 5.41) is 24.7. The van der Waals surface area contributed by atoms with Crippen molar-refractivity contribution in [3.8, 4) is 17.2 Å². The third-order valence-corrected chi connectivity index (χ3v) is 8.31. The van der Waals surface area contributed by atoms with Crippen molar-refractivity contribution in [1.82, 2.24) is 5.32 Å². The molecule has 4 aromatic rings. The number of thioether (sulfide) groups is 1. The molecular weight excluding hydrogens is 564 g/mol. The molecule has 0 fully saturated rings. The molecule has 1 aliphatic carbocycles. The molecule has 10 heteroatoms. The van der Waals surface area contributed by atoms with E-state index in [0.29, 0.717) is 22.7 Å². The molecule has 9 nitrogen and oxygen atoms in total. The number of carboxylic acid groups (broad SMARTS) is 1. The number of nitriles is 1. The Balaban J connectivity index is 1.23. The second-order valence-electron chi connectivity index (χ2n) is 9.91. The molecular formula is C33H28N4O5S. The predicted octanol–water partition coefficient (Wildman–Crippen LogP) is 5.35. The Hall–Kier alpha value is -5.27. The van der Waals surface area contributed by atoms with Crippen molar-refractivity contribution < 1.29 is 24.2 Å². The molecule has 1 atom stereocenters. The fraction of sp³-hybridized carbons (Fsp3) is 0.152. The van der Waals surface area contributed by atoms with E-state index < -0.39 is 24.0 Å². The number of hydrogen-bond donors (Lipinski definition) is 4. The summed E-state index contributed by atoms with van der Waals surface area (Å²) in [6.07, 6.45) is -0.824. The molecule has 2 amide bonds. The SMILES string of the molecule is N#Cc1cccc(CNc2cc(C(N)=O)ccc2SC[C@H](NC(=O)OCC2c3ccccc3-c3ccccc32)C(=O)O)c1. The van der Waals surface area contributed by atoms with Crippen molar-refractivity contribution in [2.45, 2.75) is 23.4 Å². The van der Waals surface area contributed by atoms with Crippen LogP contribution in [0.15, 0.2) is 95.9 Å². The van der Waals surface area contributed by atoms with Crippen LogP contribution in [-0.2, 0) is 16.1 Å². The quantitative estimate of drug-likeness (QED) is 0.170. The number of fused-ring (bicyclic) bond motifs is 3. The number of aliphatic carboxylic acids is 1. The number of rotatable bonds is 11. The van der Waals surface area contributed by atoms with Crippen LogP contribution in [-0.4, -0.2) is 41.5 Å². The molecule has 0 saturated carbocycles. The number of nitrogens with one attached hydrogen (secondary N) is 2. The Morgan fingerprint density at radius 3 is 2.30 bits per heavy atom. The largest absolute Gasteiger partial charge is 0.480 e. The number of anilines is 1. The normalized spacial score (nSPS) is 12.3. The van der Waals surface area contributed by atoms with Gasteiger partial charge in [-0.05, 0) is 58.1 Å². The molecule has 1 aliphatic rings. The van der Waals surface area contributed by atoms with E-state index in [1.165, 1.54) is 11.8 Å². The van der Waals surface area contributed by atoms with Crippen LogP contribution in [0.4, 0.5) is 10.5 Å². The summed E-state index contributed by atoms with van der Waals surface area (Å²) in [5.41, 5.74) is 12.0. The van der Waals surface area contributed by atoms with E-state index in [1.807, 2.05) is 54.6 Å². The van der Waals surface area contributed by atoms with E-state index in [-0.39, 0.29) is 23.8 Å². The van der Waals surface area contributed by atoms with E-state index in [4.69, 9.17) is 10.5 Å². The number of carbonyl (C=O) groups is 3. The van der Waals surface area contributed by atoms with Crippen molar-refractivity contribution in [2.75, 3.05) is 17.7 Å². The van der Waals surface area contributed by atoms with Crippen LogP contribution < -0.4 is 16.4 Å². The van der Waals surface area contributed by atoms with Crippen LogP contribution >= 0.6 is 11.8 Å². The number of nitrogens with zero attached hydrogens (tertiary/aromatic N) is 1. The number of nitrogens with two attached hydrogens (primary N) is 1. The zero-order valence-corrected chi connectivity index (χ0v) is 23.8. The predicted molar refractivity (Wildman–Crippen MR) is 164 cm³/mol. The first-order valence-corrected chi connectivity index (χ1v) is 14.5. The van der Waals surface area contributed by atoms with Gasteiger partial charge in [0.2, 0.25) is 5.91 Å². The highest BCUT2D eigenvalue weighted by Crippen LogP contribution is 2.44. The van der Waals surface area contributed by atoms with Crippen molar-refractivity contribution in [1.29, 1.82) is 5.26 Å². The average Bonchev–Trinajstić information content (AvgIpc) is 3.34. The highest BCUT2D eigenvalue weighted by atomic mass is 32.2. The van der Waals surface area contributed by atoms with E-state index >= 15 is 0 Å². The number of carboxylic acids is 1. The summed E-state index contributed by atoms with van der Waals surface area (Å²) in [6.45, 7) is 0.417. The van der Waals surface area contributed by atoms with E-state index in [0.717, 1.165) is 27.8 Å². The van der Waals surface area contributed by atoms with Crippen LogP contribution in [0, 0.1) is 11.3 Å². The van der Waals surface area contributed by atoms with Gasteiger partial charge in [0.05, 0.1) is 11.6 Å². The summed E-state index contributed by atoms with van der Waals surface area (Å²) in [6, 6.07) is 28.7. The van der Waals surface area contributed by atoms with Crippen molar-refractivity contribution >= 4 is 35.4 Å². The van der Waals surface area contributed by atoms with Gasteiger partial charge in [-0.15, -0.1) is 11.8 Å². The number of alkyl carbamates (subject to hydrolysis) is 1. The Bertz CT molecular complexity index is 1690. The second-order valence-corrected chi connectivity index (χ2v) is 11.0.